The van der Waals surface area contributed by atoms with Crippen LogP contribution in [0.4, 0.5) is 0 Å². The molecule has 0 aliphatic carbocycles. The molecule has 2 heterocycles. The van der Waals surface area contributed by atoms with Crippen LogP contribution in [0.1, 0.15) is 18.8 Å². The van der Waals surface area contributed by atoms with Gasteiger partial charge in [-0.1, -0.05) is 35.5 Å². The molecular formula is C20H18N4O4. The Hall–Kier alpha value is -3.68. The lowest BCUT2D eigenvalue weighted by molar-refractivity contribution is -0.123. The highest BCUT2D eigenvalue weighted by molar-refractivity contribution is 5.82. The predicted molar refractivity (Wildman–Crippen MR) is 102 cm³/mol. The van der Waals surface area contributed by atoms with Crippen LogP contribution in [-0.2, 0) is 11.2 Å². The van der Waals surface area contributed by atoms with Crippen LogP contribution in [-0.4, -0.2) is 27.2 Å². The average Bonchev–Trinajstić information content (AvgIpc) is 3.31. The molecule has 0 aliphatic heterocycles. The first-order valence-corrected chi connectivity index (χ1v) is 8.89. The minimum absolute atomic E-state index is 0.291. The van der Waals surface area contributed by atoms with Crippen molar-refractivity contribution in [1.82, 2.24) is 20.0 Å². The Labute approximate surface area is 159 Å². The highest BCUT2D eigenvalue weighted by Crippen LogP contribution is 2.17. The number of rotatable bonds is 6. The highest BCUT2D eigenvalue weighted by Gasteiger charge is 2.21. The van der Waals surface area contributed by atoms with Crippen molar-refractivity contribution in [2.24, 2.45) is 0 Å². The lowest BCUT2D eigenvalue weighted by Crippen LogP contribution is -2.35. The van der Waals surface area contributed by atoms with E-state index in [4.69, 9.17) is 8.94 Å². The largest absolute Gasteiger partial charge is 0.420 e. The van der Waals surface area contributed by atoms with Crippen molar-refractivity contribution < 1.29 is 13.7 Å². The Kier molecular flexibility index (Phi) is 4.76. The second-order valence-corrected chi connectivity index (χ2v) is 6.30. The fraction of sp³-hybridized carbons (Fsp3) is 0.200. The maximum atomic E-state index is 12.5. The number of benzene rings is 2. The number of fused-ring (bicyclic) bond motifs is 1. The molecule has 0 unspecified atom stereocenters. The summed E-state index contributed by atoms with van der Waals surface area (Å²) >= 11 is 0. The summed E-state index contributed by atoms with van der Waals surface area (Å²) in [5, 5.41) is 6.73. The van der Waals surface area contributed by atoms with Gasteiger partial charge in [-0.2, -0.15) is 4.98 Å². The number of hydrogen-bond donors (Lipinski definition) is 1. The van der Waals surface area contributed by atoms with Gasteiger partial charge in [0.1, 0.15) is 6.04 Å². The molecule has 1 N–H and O–H groups in total. The van der Waals surface area contributed by atoms with Crippen LogP contribution in [0.2, 0.25) is 0 Å². The van der Waals surface area contributed by atoms with Gasteiger partial charge in [-0.05, 0) is 31.2 Å². The summed E-state index contributed by atoms with van der Waals surface area (Å²) in [5.41, 5.74) is 1.87. The zero-order valence-electron chi connectivity index (χ0n) is 15.2. The van der Waals surface area contributed by atoms with Crippen molar-refractivity contribution in [3.8, 4) is 11.5 Å². The Morgan fingerprint density at radius 2 is 1.89 bits per heavy atom. The van der Waals surface area contributed by atoms with E-state index in [-0.39, 0.29) is 5.91 Å². The van der Waals surface area contributed by atoms with E-state index in [1.165, 1.54) is 4.57 Å². The topological polar surface area (TPSA) is 103 Å². The van der Waals surface area contributed by atoms with E-state index >= 15 is 0 Å². The molecule has 0 aliphatic rings. The van der Waals surface area contributed by atoms with Crippen molar-refractivity contribution in [2.45, 2.75) is 19.4 Å². The van der Waals surface area contributed by atoms with Gasteiger partial charge in [-0.15, -0.1) is 0 Å². The van der Waals surface area contributed by atoms with E-state index in [1.807, 2.05) is 30.3 Å². The summed E-state index contributed by atoms with van der Waals surface area (Å²) in [5.74, 6) is 0.0828. The minimum atomic E-state index is -0.707. The molecule has 0 radical (unpaired) electrons. The average molecular weight is 378 g/mol. The van der Waals surface area contributed by atoms with Crippen LogP contribution < -0.4 is 11.1 Å². The minimum Gasteiger partial charge on any atom is -0.408 e. The van der Waals surface area contributed by atoms with E-state index in [0.717, 1.165) is 5.56 Å². The van der Waals surface area contributed by atoms with Crippen molar-refractivity contribution in [2.75, 3.05) is 6.54 Å². The monoisotopic (exact) mass is 378 g/mol. The Morgan fingerprint density at radius 1 is 1.14 bits per heavy atom. The molecule has 2 aromatic carbocycles. The molecule has 1 atom stereocenters. The lowest BCUT2D eigenvalue weighted by atomic mass is 10.2. The van der Waals surface area contributed by atoms with Crippen LogP contribution >= 0.6 is 0 Å². The van der Waals surface area contributed by atoms with Gasteiger partial charge in [-0.3, -0.25) is 9.36 Å². The first-order valence-electron chi connectivity index (χ1n) is 8.89. The SMILES string of the molecule is C[C@H](C(=O)NCCc1noc(-c2ccccc2)n1)n1c(=O)oc2ccccc21. The number of carbonyl (C=O) groups is 1. The molecule has 0 fully saturated rings. The number of aromatic nitrogens is 3. The van der Waals surface area contributed by atoms with Gasteiger partial charge in [0, 0.05) is 18.5 Å². The zero-order valence-corrected chi connectivity index (χ0v) is 15.2. The third-order valence-corrected chi connectivity index (χ3v) is 4.42. The number of oxazole rings is 1. The number of carbonyl (C=O) groups excluding carboxylic acids is 1. The summed E-state index contributed by atoms with van der Waals surface area (Å²) in [6, 6.07) is 15.8. The highest BCUT2D eigenvalue weighted by atomic mass is 16.5. The fourth-order valence-electron chi connectivity index (χ4n) is 2.97. The smallest absolute Gasteiger partial charge is 0.408 e. The molecule has 4 aromatic rings. The molecule has 0 spiro atoms. The van der Waals surface area contributed by atoms with Crippen molar-refractivity contribution in [3.05, 3.63) is 71.0 Å². The Morgan fingerprint density at radius 3 is 2.71 bits per heavy atom. The van der Waals surface area contributed by atoms with Crippen LogP contribution in [0.5, 0.6) is 0 Å². The molecule has 8 heteroatoms. The van der Waals surface area contributed by atoms with Crippen LogP contribution in [0, 0.1) is 0 Å². The summed E-state index contributed by atoms with van der Waals surface area (Å²) in [7, 11) is 0. The van der Waals surface area contributed by atoms with Crippen molar-refractivity contribution in [1.29, 1.82) is 0 Å². The molecule has 8 nitrogen and oxygen atoms in total. The predicted octanol–water partition coefficient (Wildman–Crippen LogP) is 2.56. The normalized spacial score (nSPS) is 12.2. The van der Waals surface area contributed by atoms with Gasteiger partial charge in [0.05, 0.1) is 5.52 Å². The molecule has 0 bridgehead atoms. The number of hydrogen-bond acceptors (Lipinski definition) is 6. The van der Waals surface area contributed by atoms with Crippen molar-refractivity contribution in [3.63, 3.8) is 0 Å². The molecule has 4 rings (SSSR count). The number of nitrogens with one attached hydrogen (secondary N) is 1. The maximum Gasteiger partial charge on any atom is 0.420 e. The lowest BCUT2D eigenvalue weighted by Gasteiger charge is -2.12. The zero-order chi connectivity index (χ0) is 19.5. The standard InChI is InChI=1S/C20H18N4O4/c1-13(24-15-9-5-6-10-16(15)27-20(24)26)18(25)21-12-11-17-22-19(28-23-17)14-7-3-2-4-8-14/h2-10,13H,11-12H2,1H3,(H,21,25)/t13-/m1/s1. The third kappa shape index (κ3) is 3.44. The van der Waals surface area contributed by atoms with Gasteiger partial charge in [0.15, 0.2) is 11.4 Å². The number of nitrogens with zero attached hydrogens (tertiary/aromatic N) is 3. The van der Waals surface area contributed by atoms with E-state index in [2.05, 4.69) is 15.5 Å². The van der Waals surface area contributed by atoms with Gasteiger partial charge in [0.2, 0.25) is 5.91 Å². The molecule has 142 valence electrons. The molecule has 1 amide bonds. The van der Waals surface area contributed by atoms with Crippen LogP contribution in [0.3, 0.4) is 0 Å². The molecule has 2 aromatic heterocycles. The second-order valence-electron chi connectivity index (χ2n) is 6.30. The fourth-order valence-corrected chi connectivity index (χ4v) is 2.97. The Bertz CT molecular complexity index is 1160. The van der Waals surface area contributed by atoms with Crippen LogP contribution in [0.25, 0.3) is 22.6 Å². The number of amides is 1. The second kappa shape index (κ2) is 7.51. The maximum absolute atomic E-state index is 12.5. The summed E-state index contributed by atoms with van der Waals surface area (Å²) in [6.07, 6.45) is 0.413. The van der Waals surface area contributed by atoms with Gasteiger partial charge in [-0.25, -0.2) is 4.79 Å². The van der Waals surface area contributed by atoms with Crippen molar-refractivity contribution >= 4 is 17.0 Å². The summed E-state index contributed by atoms with van der Waals surface area (Å²) < 4.78 is 11.8. The summed E-state index contributed by atoms with van der Waals surface area (Å²) in [4.78, 5) is 28.9. The van der Waals surface area contributed by atoms with E-state index in [1.54, 1.807) is 31.2 Å². The molecule has 0 saturated carbocycles. The molecule has 28 heavy (non-hydrogen) atoms. The third-order valence-electron chi connectivity index (χ3n) is 4.42. The Balaban J connectivity index is 1.39. The van der Waals surface area contributed by atoms with E-state index in [9.17, 15) is 9.59 Å². The molecular weight excluding hydrogens is 360 g/mol. The van der Waals surface area contributed by atoms with Gasteiger partial charge < -0.3 is 14.3 Å². The van der Waals surface area contributed by atoms with Crippen LogP contribution in [0.15, 0.2) is 68.3 Å². The number of para-hydroxylation sites is 2. The summed E-state index contributed by atoms with van der Waals surface area (Å²) in [6.45, 7) is 1.97. The van der Waals surface area contributed by atoms with E-state index < -0.39 is 11.8 Å². The van der Waals surface area contributed by atoms with E-state index in [0.29, 0.717) is 35.8 Å². The quantitative estimate of drug-likeness (QED) is 0.553. The first kappa shape index (κ1) is 17.7. The van der Waals surface area contributed by atoms with Gasteiger partial charge in [0.25, 0.3) is 5.89 Å². The first-order chi connectivity index (χ1) is 13.6. The molecule has 0 saturated heterocycles. The van der Waals surface area contributed by atoms with Gasteiger partial charge >= 0.3 is 5.76 Å².